The van der Waals surface area contributed by atoms with Crippen molar-refractivity contribution in [2.24, 2.45) is 0 Å². The van der Waals surface area contributed by atoms with Crippen molar-refractivity contribution in [2.75, 3.05) is 13.7 Å². The highest BCUT2D eigenvalue weighted by atomic mass is 16.2. The van der Waals surface area contributed by atoms with Gasteiger partial charge in [-0.05, 0) is 44.2 Å². The third kappa shape index (κ3) is 3.46. The van der Waals surface area contributed by atoms with Gasteiger partial charge in [-0.3, -0.25) is 9.69 Å². The van der Waals surface area contributed by atoms with Crippen LogP contribution >= 0.6 is 0 Å². The largest absolute Gasteiger partial charge is 0.326 e. The molecular formula is C22H24N6O2. The maximum Gasteiger partial charge on any atom is 0.326 e. The first kappa shape index (κ1) is 19.8. The van der Waals surface area contributed by atoms with Gasteiger partial charge in [0.25, 0.3) is 5.91 Å². The summed E-state index contributed by atoms with van der Waals surface area (Å²) in [7, 11) is 1.90. The highest BCUT2D eigenvalue weighted by Crippen LogP contribution is 2.29. The molecule has 154 valence electrons. The van der Waals surface area contributed by atoms with E-state index in [1.54, 1.807) is 17.9 Å². The Bertz CT molecular complexity index is 1040. The van der Waals surface area contributed by atoms with Gasteiger partial charge in [-0.15, -0.1) is 0 Å². The maximum atomic E-state index is 13.1. The molecular weight excluding hydrogens is 380 g/mol. The van der Waals surface area contributed by atoms with Gasteiger partial charge < -0.3 is 5.32 Å². The van der Waals surface area contributed by atoms with Gasteiger partial charge in [0.2, 0.25) is 0 Å². The minimum atomic E-state index is -1.05. The van der Waals surface area contributed by atoms with Crippen molar-refractivity contribution < 1.29 is 9.59 Å². The van der Waals surface area contributed by atoms with E-state index in [-0.39, 0.29) is 24.6 Å². The van der Waals surface area contributed by atoms with Crippen LogP contribution in [-0.4, -0.2) is 50.2 Å². The number of urea groups is 1. The Morgan fingerprint density at radius 1 is 1.10 bits per heavy atom. The number of imide groups is 1. The number of benzene rings is 2. The second-order valence-electron chi connectivity index (χ2n) is 7.66. The first-order valence-electron chi connectivity index (χ1n) is 9.75. The fourth-order valence-corrected chi connectivity index (χ4v) is 3.64. The van der Waals surface area contributed by atoms with E-state index in [0.717, 1.165) is 16.8 Å². The van der Waals surface area contributed by atoms with Gasteiger partial charge in [0.15, 0.2) is 0 Å². The van der Waals surface area contributed by atoms with E-state index >= 15 is 0 Å². The number of nitrogens with zero attached hydrogens (tertiary/aromatic N) is 5. The number of hydrogen-bond acceptors (Lipinski definition) is 5. The van der Waals surface area contributed by atoms with Gasteiger partial charge in [-0.1, -0.05) is 42.5 Å². The third-order valence-electron chi connectivity index (χ3n) is 5.71. The van der Waals surface area contributed by atoms with Gasteiger partial charge in [0.1, 0.15) is 18.2 Å². The predicted octanol–water partition coefficient (Wildman–Crippen LogP) is 2.68. The van der Waals surface area contributed by atoms with Crippen molar-refractivity contribution in [3.63, 3.8) is 0 Å². The summed E-state index contributed by atoms with van der Waals surface area (Å²) in [5.74, 6) is -0.251. The molecule has 1 fully saturated rings. The first-order valence-corrected chi connectivity index (χ1v) is 9.75. The lowest BCUT2D eigenvalue weighted by Crippen LogP contribution is -2.43. The van der Waals surface area contributed by atoms with Crippen molar-refractivity contribution >= 4 is 11.9 Å². The van der Waals surface area contributed by atoms with Crippen molar-refractivity contribution in [3.8, 4) is 5.69 Å². The van der Waals surface area contributed by atoms with E-state index < -0.39 is 5.54 Å². The lowest BCUT2D eigenvalue weighted by atomic mass is 9.92. The van der Waals surface area contributed by atoms with Crippen LogP contribution in [-0.2, 0) is 10.3 Å². The molecule has 1 aromatic heterocycles. The van der Waals surface area contributed by atoms with E-state index in [0.29, 0.717) is 0 Å². The molecule has 2 aromatic carbocycles. The van der Waals surface area contributed by atoms with Crippen molar-refractivity contribution in [2.45, 2.75) is 25.4 Å². The molecule has 1 saturated heterocycles. The Morgan fingerprint density at radius 3 is 2.43 bits per heavy atom. The van der Waals surface area contributed by atoms with Crippen LogP contribution in [0.15, 0.2) is 67.3 Å². The summed E-state index contributed by atoms with van der Waals surface area (Å²) in [6, 6.07) is 16.9. The Morgan fingerprint density at radius 2 is 1.80 bits per heavy atom. The molecule has 2 atom stereocenters. The number of carbonyl (C=O) groups excluding carboxylic acids is 2. The average Bonchev–Trinajstić information content (AvgIpc) is 3.38. The zero-order chi connectivity index (χ0) is 21.3. The fraction of sp³-hybridized carbons (Fsp3) is 0.273. The van der Waals surface area contributed by atoms with Crippen molar-refractivity contribution in [3.05, 3.63) is 78.4 Å². The molecule has 30 heavy (non-hydrogen) atoms. The summed E-state index contributed by atoms with van der Waals surface area (Å²) in [5, 5.41) is 6.98. The van der Waals surface area contributed by atoms with Crippen LogP contribution in [0.5, 0.6) is 0 Å². The second-order valence-corrected chi connectivity index (χ2v) is 7.66. The van der Waals surface area contributed by atoms with Gasteiger partial charge >= 0.3 is 6.03 Å². The molecule has 4 rings (SSSR count). The minimum Gasteiger partial charge on any atom is -0.319 e. The molecule has 3 amide bonds. The third-order valence-corrected chi connectivity index (χ3v) is 5.71. The van der Waals surface area contributed by atoms with Crippen LogP contribution in [0.3, 0.4) is 0 Å². The summed E-state index contributed by atoms with van der Waals surface area (Å²) in [5.41, 5.74) is 1.70. The summed E-state index contributed by atoms with van der Waals surface area (Å²) < 4.78 is 1.69. The van der Waals surface area contributed by atoms with E-state index in [2.05, 4.69) is 15.4 Å². The molecule has 3 aromatic rings. The van der Waals surface area contributed by atoms with Gasteiger partial charge in [-0.2, -0.15) is 5.10 Å². The molecule has 1 aliphatic rings. The molecule has 8 heteroatoms. The number of nitrogens with one attached hydrogen (secondary N) is 1. The molecule has 2 heterocycles. The average molecular weight is 404 g/mol. The van der Waals surface area contributed by atoms with E-state index in [9.17, 15) is 9.59 Å². The highest BCUT2D eigenvalue weighted by Gasteiger charge is 2.49. The second kappa shape index (κ2) is 7.72. The maximum absolute atomic E-state index is 13.1. The number of aromatic nitrogens is 3. The van der Waals surface area contributed by atoms with Crippen molar-refractivity contribution in [1.82, 2.24) is 29.9 Å². The van der Waals surface area contributed by atoms with E-state index in [1.165, 1.54) is 11.2 Å². The fourth-order valence-electron chi connectivity index (χ4n) is 3.64. The Hall–Kier alpha value is -3.52. The molecule has 0 bridgehead atoms. The zero-order valence-corrected chi connectivity index (χ0v) is 17.2. The molecule has 0 unspecified atom stereocenters. The van der Waals surface area contributed by atoms with Crippen LogP contribution in [0.25, 0.3) is 5.69 Å². The number of amides is 3. The molecule has 1 N–H and O–H groups in total. The van der Waals surface area contributed by atoms with E-state index in [4.69, 9.17) is 0 Å². The summed E-state index contributed by atoms with van der Waals surface area (Å²) in [6.45, 7) is 3.98. The number of carbonyl (C=O) groups is 2. The normalized spacial score (nSPS) is 19.9. The molecule has 1 aliphatic heterocycles. The summed E-state index contributed by atoms with van der Waals surface area (Å²) in [6.07, 6.45) is 3.14. The molecule has 0 aliphatic carbocycles. The molecule has 0 radical (unpaired) electrons. The SMILES string of the molecule is C[C@H](c1ccc(-n2cncn2)cc1)N(C)CN1C(=O)N[C@](C)(c2ccccc2)C1=O. The Kier molecular flexibility index (Phi) is 5.09. The Balaban J connectivity index is 1.47. The minimum absolute atomic E-state index is 0.000946. The summed E-state index contributed by atoms with van der Waals surface area (Å²) in [4.78, 5) is 32.9. The van der Waals surface area contributed by atoms with Gasteiger partial charge in [0, 0.05) is 6.04 Å². The summed E-state index contributed by atoms with van der Waals surface area (Å²) >= 11 is 0. The van der Waals surface area contributed by atoms with Crippen LogP contribution in [0.4, 0.5) is 4.79 Å². The smallest absolute Gasteiger partial charge is 0.319 e. The van der Waals surface area contributed by atoms with Gasteiger partial charge in [-0.25, -0.2) is 19.4 Å². The van der Waals surface area contributed by atoms with E-state index in [1.807, 2.05) is 73.5 Å². The zero-order valence-electron chi connectivity index (χ0n) is 17.2. The van der Waals surface area contributed by atoms with Crippen molar-refractivity contribution in [1.29, 1.82) is 0 Å². The predicted molar refractivity (Wildman–Crippen MR) is 112 cm³/mol. The van der Waals surface area contributed by atoms with Crippen LogP contribution < -0.4 is 5.32 Å². The van der Waals surface area contributed by atoms with Crippen LogP contribution in [0, 0.1) is 0 Å². The Labute approximate surface area is 175 Å². The van der Waals surface area contributed by atoms with Gasteiger partial charge in [0.05, 0.1) is 12.4 Å². The molecule has 0 spiro atoms. The molecule has 0 saturated carbocycles. The van der Waals surface area contributed by atoms with Crippen LogP contribution in [0.2, 0.25) is 0 Å². The lowest BCUT2D eigenvalue weighted by Gasteiger charge is -2.29. The number of rotatable bonds is 6. The highest BCUT2D eigenvalue weighted by molar-refractivity contribution is 6.07. The standard InChI is InChI=1S/C22H24N6O2/c1-16(17-9-11-19(12-10-17)28-14-23-13-24-28)26(3)15-27-20(29)22(2,25-21(27)30)18-7-5-4-6-8-18/h4-14,16H,15H2,1-3H3,(H,25,30)/t16-,22-/m1/s1. The lowest BCUT2D eigenvalue weighted by molar-refractivity contribution is -0.132. The number of hydrogen-bond donors (Lipinski definition) is 1. The quantitative estimate of drug-likeness (QED) is 0.639. The topological polar surface area (TPSA) is 83.4 Å². The first-order chi connectivity index (χ1) is 14.4. The molecule has 8 nitrogen and oxygen atoms in total. The monoisotopic (exact) mass is 404 g/mol. The van der Waals surface area contributed by atoms with Crippen LogP contribution in [0.1, 0.15) is 31.0 Å².